The summed E-state index contributed by atoms with van der Waals surface area (Å²) in [6.45, 7) is 6.01. The minimum Gasteiger partial charge on any atom is -0.493 e. The Bertz CT molecular complexity index is 816. The largest absolute Gasteiger partial charge is 0.493 e. The van der Waals surface area contributed by atoms with Crippen molar-refractivity contribution in [1.82, 2.24) is 5.32 Å². The third-order valence-corrected chi connectivity index (χ3v) is 5.54. The molecule has 0 spiro atoms. The molecule has 2 aromatic carbocycles. The first kappa shape index (κ1) is 20.1. The fraction of sp³-hybridized carbons (Fsp3) is 0.435. The third-order valence-electron chi connectivity index (χ3n) is 5.54. The van der Waals surface area contributed by atoms with Crippen molar-refractivity contribution in [2.75, 3.05) is 7.11 Å². The van der Waals surface area contributed by atoms with E-state index in [-0.39, 0.29) is 17.6 Å². The molecule has 0 saturated heterocycles. The zero-order valence-electron chi connectivity index (χ0n) is 17.0. The number of carbonyl (C=O) groups is 1. The van der Waals surface area contributed by atoms with Gasteiger partial charge in [-0.15, -0.1) is 0 Å². The number of rotatable bonds is 7. The Hall–Kier alpha value is -2.69. The SMILES string of the molecule is CCC1(CC)C[C@H](NC(=O)[C@H](C)Oc2ccccc2OC)c2ccccc2O1. The first-order valence-corrected chi connectivity index (χ1v) is 9.90. The Morgan fingerprint density at radius 2 is 1.79 bits per heavy atom. The van der Waals surface area contributed by atoms with Gasteiger partial charge in [0.25, 0.3) is 5.91 Å². The zero-order valence-corrected chi connectivity index (χ0v) is 17.0. The summed E-state index contributed by atoms with van der Waals surface area (Å²) in [5.74, 6) is 1.85. The van der Waals surface area contributed by atoms with E-state index in [9.17, 15) is 4.79 Å². The van der Waals surface area contributed by atoms with Crippen molar-refractivity contribution in [1.29, 1.82) is 0 Å². The number of nitrogens with one attached hydrogen (secondary N) is 1. The van der Waals surface area contributed by atoms with Gasteiger partial charge in [0.2, 0.25) is 0 Å². The molecule has 1 amide bonds. The van der Waals surface area contributed by atoms with Gasteiger partial charge in [0, 0.05) is 12.0 Å². The number of methoxy groups -OCH3 is 1. The molecule has 0 aromatic heterocycles. The zero-order chi connectivity index (χ0) is 20.1. The molecule has 5 nitrogen and oxygen atoms in total. The van der Waals surface area contributed by atoms with Crippen LogP contribution in [0.5, 0.6) is 17.2 Å². The number of benzene rings is 2. The van der Waals surface area contributed by atoms with Crippen LogP contribution < -0.4 is 19.5 Å². The summed E-state index contributed by atoms with van der Waals surface area (Å²) < 4.78 is 17.5. The van der Waals surface area contributed by atoms with Crippen molar-refractivity contribution >= 4 is 5.91 Å². The van der Waals surface area contributed by atoms with Gasteiger partial charge < -0.3 is 19.5 Å². The number of para-hydroxylation sites is 3. The summed E-state index contributed by atoms with van der Waals surface area (Å²) in [5.41, 5.74) is 0.747. The van der Waals surface area contributed by atoms with Crippen LogP contribution in [0.15, 0.2) is 48.5 Å². The van der Waals surface area contributed by atoms with Gasteiger partial charge in [-0.2, -0.15) is 0 Å². The lowest BCUT2D eigenvalue weighted by molar-refractivity contribution is -0.128. The van der Waals surface area contributed by atoms with Gasteiger partial charge in [-0.3, -0.25) is 4.79 Å². The second kappa shape index (κ2) is 8.55. The molecule has 0 radical (unpaired) electrons. The molecule has 2 aromatic rings. The molecule has 28 heavy (non-hydrogen) atoms. The lowest BCUT2D eigenvalue weighted by Crippen LogP contribution is -2.46. The highest BCUT2D eigenvalue weighted by atomic mass is 16.5. The molecule has 1 aliphatic heterocycles. The van der Waals surface area contributed by atoms with Crippen LogP contribution in [0.1, 0.15) is 51.6 Å². The Morgan fingerprint density at radius 3 is 2.46 bits per heavy atom. The van der Waals surface area contributed by atoms with Gasteiger partial charge in [0.05, 0.1) is 13.2 Å². The first-order valence-electron chi connectivity index (χ1n) is 9.90. The predicted octanol–water partition coefficient (Wildman–Crippen LogP) is 4.66. The van der Waals surface area contributed by atoms with Crippen LogP contribution in [0, 0.1) is 0 Å². The molecule has 0 fully saturated rings. The quantitative estimate of drug-likeness (QED) is 0.755. The number of ether oxygens (including phenoxy) is 3. The van der Waals surface area contributed by atoms with E-state index in [1.165, 1.54) is 0 Å². The maximum absolute atomic E-state index is 12.9. The van der Waals surface area contributed by atoms with E-state index in [0.29, 0.717) is 11.5 Å². The van der Waals surface area contributed by atoms with Gasteiger partial charge in [-0.05, 0) is 38.0 Å². The minimum absolute atomic E-state index is 0.110. The van der Waals surface area contributed by atoms with Gasteiger partial charge >= 0.3 is 0 Å². The van der Waals surface area contributed by atoms with Crippen LogP contribution in [-0.4, -0.2) is 24.7 Å². The molecule has 1 heterocycles. The van der Waals surface area contributed by atoms with Crippen LogP contribution in [-0.2, 0) is 4.79 Å². The van der Waals surface area contributed by atoms with Crippen LogP contribution in [0.3, 0.4) is 0 Å². The van der Waals surface area contributed by atoms with Crippen LogP contribution in [0.25, 0.3) is 0 Å². The molecule has 0 bridgehead atoms. The second-order valence-electron chi connectivity index (χ2n) is 7.21. The summed E-state index contributed by atoms with van der Waals surface area (Å²) in [6.07, 6.45) is 1.86. The first-order chi connectivity index (χ1) is 13.5. The maximum Gasteiger partial charge on any atom is 0.261 e. The van der Waals surface area contributed by atoms with Crippen molar-refractivity contribution < 1.29 is 19.0 Å². The average Bonchev–Trinajstić information content (AvgIpc) is 2.73. The summed E-state index contributed by atoms with van der Waals surface area (Å²) in [5, 5.41) is 3.17. The molecular weight excluding hydrogens is 354 g/mol. The van der Waals surface area contributed by atoms with Gasteiger partial charge in [-0.1, -0.05) is 44.2 Å². The fourth-order valence-electron chi connectivity index (χ4n) is 3.68. The average molecular weight is 383 g/mol. The maximum atomic E-state index is 12.9. The lowest BCUT2D eigenvalue weighted by Gasteiger charge is -2.41. The van der Waals surface area contributed by atoms with Gasteiger partial charge in [-0.25, -0.2) is 0 Å². The van der Waals surface area contributed by atoms with Crippen molar-refractivity contribution in [2.24, 2.45) is 0 Å². The topological polar surface area (TPSA) is 56.8 Å². The molecule has 0 unspecified atom stereocenters. The summed E-state index contributed by atoms with van der Waals surface area (Å²) >= 11 is 0. The number of carbonyl (C=O) groups excluding carboxylic acids is 1. The third kappa shape index (κ3) is 4.08. The molecule has 1 N–H and O–H groups in total. The Morgan fingerprint density at radius 1 is 1.14 bits per heavy atom. The monoisotopic (exact) mass is 383 g/mol. The molecular formula is C23H29NO4. The van der Waals surface area contributed by atoms with Crippen LogP contribution in [0.4, 0.5) is 0 Å². The molecule has 1 aliphatic rings. The lowest BCUT2D eigenvalue weighted by atomic mass is 9.83. The fourth-order valence-corrected chi connectivity index (χ4v) is 3.68. The molecule has 0 saturated carbocycles. The number of fused-ring (bicyclic) bond motifs is 1. The van der Waals surface area contributed by atoms with Crippen molar-refractivity contribution in [3.63, 3.8) is 0 Å². The van der Waals surface area contributed by atoms with E-state index in [2.05, 4.69) is 19.2 Å². The molecule has 150 valence electrons. The standard InChI is InChI=1S/C23H29NO4/c1-5-23(6-2)15-18(17-11-7-8-12-19(17)28-23)24-22(25)16(3)27-21-14-10-9-13-20(21)26-4/h7-14,16,18H,5-6,15H2,1-4H3,(H,24,25)/t16-,18-/m0/s1. The minimum atomic E-state index is -0.649. The highest BCUT2D eigenvalue weighted by Gasteiger charge is 2.39. The Labute approximate surface area is 167 Å². The number of amides is 1. The van der Waals surface area contributed by atoms with E-state index in [4.69, 9.17) is 14.2 Å². The molecule has 2 atom stereocenters. The summed E-state index contributed by atoms with van der Waals surface area (Å²) in [4.78, 5) is 12.9. The van der Waals surface area contributed by atoms with Gasteiger partial charge in [0.15, 0.2) is 17.6 Å². The summed E-state index contributed by atoms with van der Waals surface area (Å²) in [7, 11) is 1.58. The van der Waals surface area contributed by atoms with Crippen molar-refractivity contribution in [2.45, 2.75) is 57.8 Å². The summed E-state index contributed by atoms with van der Waals surface area (Å²) in [6, 6.07) is 15.1. The Kier molecular flexibility index (Phi) is 6.12. The van der Waals surface area contributed by atoms with E-state index < -0.39 is 6.10 Å². The van der Waals surface area contributed by atoms with Gasteiger partial charge in [0.1, 0.15) is 11.4 Å². The highest BCUT2D eigenvalue weighted by Crippen LogP contribution is 2.42. The number of hydrogen-bond donors (Lipinski definition) is 1. The van der Waals surface area contributed by atoms with E-state index in [1.807, 2.05) is 42.5 Å². The smallest absolute Gasteiger partial charge is 0.261 e. The second-order valence-corrected chi connectivity index (χ2v) is 7.21. The van der Waals surface area contributed by atoms with Crippen molar-refractivity contribution in [3.8, 4) is 17.2 Å². The molecule has 5 heteroatoms. The molecule has 0 aliphatic carbocycles. The van der Waals surface area contributed by atoms with Crippen molar-refractivity contribution in [3.05, 3.63) is 54.1 Å². The van der Waals surface area contributed by atoms with E-state index in [1.54, 1.807) is 20.1 Å². The van der Waals surface area contributed by atoms with Crippen LogP contribution in [0.2, 0.25) is 0 Å². The highest BCUT2D eigenvalue weighted by molar-refractivity contribution is 5.81. The predicted molar refractivity (Wildman–Crippen MR) is 109 cm³/mol. The number of hydrogen-bond acceptors (Lipinski definition) is 4. The normalized spacial score (nSPS) is 18.4. The van der Waals surface area contributed by atoms with E-state index >= 15 is 0 Å². The van der Waals surface area contributed by atoms with E-state index in [0.717, 1.165) is 30.6 Å². The Balaban J connectivity index is 1.77. The van der Waals surface area contributed by atoms with Crippen LogP contribution >= 0.6 is 0 Å². The molecule has 3 rings (SSSR count).